The van der Waals surface area contributed by atoms with Crippen molar-refractivity contribution in [2.75, 3.05) is 6.54 Å². The number of nitrogens with one attached hydrogen (secondary N) is 2. The highest BCUT2D eigenvalue weighted by molar-refractivity contribution is 6.21. The van der Waals surface area contributed by atoms with Crippen molar-refractivity contribution in [1.82, 2.24) is 15.5 Å². The number of nitrogens with zero attached hydrogens (tertiary/aromatic N) is 1. The van der Waals surface area contributed by atoms with E-state index >= 15 is 0 Å². The molecular weight excluding hydrogens is 394 g/mol. The Morgan fingerprint density at radius 1 is 1.13 bits per heavy atom. The van der Waals surface area contributed by atoms with Crippen LogP contribution in [0.3, 0.4) is 0 Å². The number of carbonyl (C=O) groups excluding carboxylic acids is 5. The summed E-state index contributed by atoms with van der Waals surface area (Å²) in [5.41, 5.74) is 0.206. The number of fused-ring (bicyclic) bond motifs is 1. The zero-order valence-corrected chi connectivity index (χ0v) is 16.3. The maximum Gasteiger partial charge on any atom is 0.338 e. The van der Waals surface area contributed by atoms with Gasteiger partial charge in [0.1, 0.15) is 5.76 Å². The average molecular weight is 413 g/mol. The Kier molecular flexibility index (Phi) is 5.95. The van der Waals surface area contributed by atoms with Gasteiger partial charge in [-0.25, -0.2) is 9.59 Å². The molecule has 1 aromatic heterocycles. The molecule has 0 fully saturated rings. The molecule has 0 aliphatic carbocycles. The van der Waals surface area contributed by atoms with Crippen molar-refractivity contribution >= 4 is 29.7 Å². The maximum absolute atomic E-state index is 12.6. The molecule has 5 amide bonds. The number of benzene rings is 1. The van der Waals surface area contributed by atoms with Gasteiger partial charge in [-0.2, -0.15) is 0 Å². The van der Waals surface area contributed by atoms with Crippen LogP contribution in [0.2, 0.25) is 0 Å². The standard InChI is InChI=1S/C20H19N3O7/c1-3-21-20(28)22-16(24)11(2)30-19(27)12-6-7-14-15(9-12)18(26)23(17(14)25)10-13-5-4-8-29-13/h4-9,11H,3,10H2,1-2H3,(H2,21,22,24,28)/t11-/m1/s1. The molecule has 156 valence electrons. The summed E-state index contributed by atoms with van der Waals surface area (Å²) >= 11 is 0. The van der Waals surface area contributed by atoms with E-state index in [2.05, 4.69) is 5.32 Å². The largest absolute Gasteiger partial charge is 0.467 e. The van der Waals surface area contributed by atoms with E-state index in [1.807, 2.05) is 5.32 Å². The van der Waals surface area contributed by atoms with Gasteiger partial charge >= 0.3 is 12.0 Å². The van der Waals surface area contributed by atoms with Crippen molar-refractivity contribution in [3.05, 3.63) is 59.0 Å². The summed E-state index contributed by atoms with van der Waals surface area (Å²) in [7, 11) is 0. The van der Waals surface area contributed by atoms with Crippen LogP contribution in [-0.4, -0.2) is 47.3 Å². The van der Waals surface area contributed by atoms with Crippen LogP contribution in [0, 0.1) is 0 Å². The van der Waals surface area contributed by atoms with Crippen molar-refractivity contribution in [2.45, 2.75) is 26.5 Å². The van der Waals surface area contributed by atoms with Crippen LogP contribution >= 0.6 is 0 Å². The zero-order valence-electron chi connectivity index (χ0n) is 16.3. The van der Waals surface area contributed by atoms with E-state index < -0.39 is 35.8 Å². The van der Waals surface area contributed by atoms with Gasteiger partial charge in [-0.15, -0.1) is 0 Å². The van der Waals surface area contributed by atoms with E-state index in [1.54, 1.807) is 19.1 Å². The summed E-state index contributed by atoms with van der Waals surface area (Å²) in [5, 5.41) is 4.42. The van der Waals surface area contributed by atoms with Crippen LogP contribution in [0.4, 0.5) is 4.79 Å². The lowest BCUT2D eigenvalue weighted by atomic mass is 10.1. The minimum absolute atomic E-state index is 0.00703. The van der Waals surface area contributed by atoms with Gasteiger partial charge in [-0.1, -0.05) is 0 Å². The topological polar surface area (TPSA) is 135 Å². The molecule has 1 aliphatic rings. The molecule has 0 radical (unpaired) electrons. The molecule has 0 saturated carbocycles. The molecule has 0 saturated heterocycles. The smallest absolute Gasteiger partial charge is 0.338 e. The van der Waals surface area contributed by atoms with Gasteiger partial charge in [-0.3, -0.25) is 24.6 Å². The Bertz CT molecular complexity index is 1010. The van der Waals surface area contributed by atoms with Crippen molar-refractivity contribution < 1.29 is 33.1 Å². The van der Waals surface area contributed by atoms with Gasteiger partial charge in [0.05, 0.1) is 29.5 Å². The molecule has 3 rings (SSSR count). The lowest BCUT2D eigenvalue weighted by molar-refractivity contribution is -0.127. The third-order valence-electron chi connectivity index (χ3n) is 4.33. The van der Waals surface area contributed by atoms with Crippen LogP contribution in [0.25, 0.3) is 0 Å². The van der Waals surface area contributed by atoms with E-state index in [1.165, 1.54) is 31.4 Å². The first kappa shape index (κ1) is 20.8. The number of ether oxygens (including phenoxy) is 1. The van der Waals surface area contributed by atoms with Crippen LogP contribution < -0.4 is 10.6 Å². The van der Waals surface area contributed by atoms with Gasteiger partial charge in [0.15, 0.2) is 6.10 Å². The number of carbonyl (C=O) groups is 5. The first-order valence-corrected chi connectivity index (χ1v) is 9.14. The maximum atomic E-state index is 12.6. The quantitative estimate of drug-likeness (QED) is 0.541. The Labute approximate surface area is 171 Å². The third-order valence-corrected chi connectivity index (χ3v) is 4.33. The molecule has 2 aromatic rings. The van der Waals surface area contributed by atoms with Crippen LogP contribution in [0.5, 0.6) is 0 Å². The Morgan fingerprint density at radius 3 is 2.53 bits per heavy atom. The van der Waals surface area contributed by atoms with Crippen molar-refractivity contribution in [3.8, 4) is 0 Å². The predicted molar refractivity (Wildman–Crippen MR) is 101 cm³/mol. The summed E-state index contributed by atoms with van der Waals surface area (Å²) in [5.74, 6) is -2.30. The SMILES string of the molecule is CCNC(=O)NC(=O)[C@@H](C)OC(=O)c1ccc2c(c1)C(=O)N(Cc1ccco1)C2=O. The molecule has 1 aliphatic heterocycles. The molecule has 30 heavy (non-hydrogen) atoms. The van der Waals surface area contributed by atoms with E-state index in [9.17, 15) is 24.0 Å². The lowest BCUT2D eigenvalue weighted by Gasteiger charge is -2.13. The number of esters is 1. The fraction of sp³-hybridized carbons (Fsp3) is 0.250. The number of urea groups is 1. The van der Waals surface area contributed by atoms with Crippen LogP contribution in [0.1, 0.15) is 50.7 Å². The molecule has 10 nitrogen and oxygen atoms in total. The van der Waals surface area contributed by atoms with Crippen LogP contribution in [0.15, 0.2) is 41.0 Å². The molecule has 2 N–H and O–H groups in total. The normalized spacial score (nSPS) is 13.6. The lowest BCUT2D eigenvalue weighted by Crippen LogP contribution is -2.44. The summed E-state index contributed by atoms with van der Waals surface area (Å²) in [4.78, 5) is 61.8. The zero-order chi connectivity index (χ0) is 21.8. The second-order valence-electron chi connectivity index (χ2n) is 6.43. The second-order valence-corrected chi connectivity index (χ2v) is 6.43. The minimum Gasteiger partial charge on any atom is -0.467 e. The first-order chi connectivity index (χ1) is 14.3. The molecular formula is C20H19N3O7. The van der Waals surface area contributed by atoms with Crippen LogP contribution in [-0.2, 0) is 16.1 Å². The summed E-state index contributed by atoms with van der Waals surface area (Å²) < 4.78 is 10.2. The fourth-order valence-corrected chi connectivity index (χ4v) is 2.82. The highest BCUT2D eigenvalue weighted by Gasteiger charge is 2.36. The highest BCUT2D eigenvalue weighted by Crippen LogP contribution is 2.26. The molecule has 0 spiro atoms. The van der Waals surface area contributed by atoms with Crippen molar-refractivity contribution in [1.29, 1.82) is 0 Å². The highest BCUT2D eigenvalue weighted by atomic mass is 16.5. The Hall–Kier alpha value is -3.95. The Morgan fingerprint density at radius 2 is 1.87 bits per heavy atom. The monoisotopic (exact) mass is 413 g/mol. The number of hydrogen-bond acceptors (Lipinski definition) is 7. The minimum atomic E-state index is -1.25. The number of furan rings is 1. The van der Waals surface area contributed by atoms with Crippen molar-refractivity contribution in [2.24, 2.45) is 0 Å². The van der Waals surface area contributed by atoms with Gasteiger partial charge in [0.2, 0.25) is 0 Å². The molecule has 0 unspecified atom stereocenters. The molecule has 2 heterocycles. The Balaban J connectivity index is 1.69. The first-order valence-electron chi connectivity index (χ1n) is 9.14. The van der Waals surface area contributed by atoms with E-state index in [0.29, 0.717) is 12.3 Å². The predicted octanol–water partition coefficient (Wildman–Crippen LogP) is 1.47. The molecule has 10 heteroatoms. The van der Waals surface area contributed by atoms with Gasteiger partial charge in [-0.05, 0) is 44.2 Å². The van der Waals surface area contributed by atoms with E-state index in [4.69, 9.17) is 9.15 Å². The number of hydrogen-bond donors (Lipinski definition) is 2. The number of imide groups is 2. The number of amides is 5. The van der Waals surface area contributed by atoms with Gasteiger partial charge < -0.3 is 14.5 Å². The molecule has 1 aromatic carbocycles. The second kappa shape index (κ2) is 8.60. The summed E-state index contributed by atoms with van der Waals surface area (Å²) in [6, 6.07) is 6.51. The van der Waals surface area contributed by atoms with E-state index in [-0.39, 0.29) is 23.2 Å². The third kappa shape index (κ3) is 4.22. The van der Waals surface area contributed by atoms with Gasteiger partial charge in [0.25, 0.3) is 17.7 Å². The van der Waals surface area contributed by atoms with Crippen molar-refractivity contribution in [3.63, 3.8) is 0 Å². The molecule has 0 bridgehead atoms. The van der Waals surface area contributed by atoms with Gasteiger partial charge in [0, 0.05) is 6.54 Å². The fourth-order valence-electron chi connectivity index (χ4n) is 2.82. The summed E-state index contributed by atoms with van der Waals surface area (Å²) in [6.45, 7) is 3.28. The molecule has 1 atom stereocenters. The van der Waals surface area contributed by atoms with E-state index in [0.717, 1.165) is 4.90 Å². The summed E-state index contributed by atoms with van der Waals surface area (Å²) in [6.07, 6.45) is 0.186. The number of rotatable bonds is 6. The average Bonchev–Trinajstić information content (AvgIpc) is 3.31.